The summed E-state index contributed by atoms with van der Waals surface area (Å²) in [6, 6.07) is 0.271. The Morgan fingerprint density at radius 1 is 1.30 bits per heavy atom. The molecule has 1 aliphatic carbocycles. The third-order valence-corrected chi connectivity index (χ3v) is 3.25. The number of carbonyl (C=O) groups is 1. The zero-order valence-corrected chi connectivity index (χ0v) is 13.2. The number of hydrogen-bond acceptors (Lipinski definition) is 4. The molecule has 0 N–H and O–H groups in total. The van der Waals surface area contributed by atoms with Crippen LogP contribution >= 0.6 is 0 Å². The van der Waals surface area contributed by atoms with Gasteiger partial charge in [0.15, 0.2) is 0 Å². The maximum absolute atomic E-state index is 12.3. The standard InChI is InChI=1S/C15H28N2O3/c1-5-16-19-12-11-17(13-9-7-6-8-10-13)14(18)20-15(2,3)4/h5,13H,6-12H2,1-4H3/b16-5+. The number of carbonyl (C=O) groups excluding carboxylic acids is 1. The van der Waals surface area contributed by atoms with Gasteiger partial charge in [0.2, 0.25) is 0 Å². The third kappa shape index (κ3) is 6.26. The van der Waals surface area contributed by atoms with Gasteiger partial charge in [-0.05, 0) is 40.5 Å². The topological polar surface area (TPSA) is 51.1 Å². The molecule has 0 spiro atoms. The Hall–Kier alpha value is -1.26. The average Bonchev–Trinajstić information content (AvgIpc) is 2.37. The van der Waals surface area contributed by atoms with Crippen molar-refractivity contribution in [1.82, 2.24) is 4.90 Å². The summed E-state index contributed by atoms with van der Waals surface area (Å²) in [6.45, 7) is 8.40. The van der Waals surface area contributed by atoms with Crippen LogP contribution in [0.15, 0.2) is 5.16 Å². The fourth-order valence-electron chi connectivity index (χ4n) is 2.40. The summed E-state index contributed by atoms with van der Waals surface area (Å²) >= 11 is 0. The van der Waals surface area contributed by atoms with Gasteiger partial charge in [0.1, 0.15) is 12.2 Å². The lowest BCUT2D eigenvalue weighted by molar-refractivity contribution is 0.00379. The van der Waals surface area contributed by atoms with Crippen LogP contribution < -0.4 is 0 Å². The first-order chi connectivity index (χ1) is 9.44. The Bertz CT molecular complexity index is 318. The van der Waals surface area contributed by atoms with Crippen LogP contribution in [0.3, 0.4) is 0 Å². The van der Waals surface area contributed by atoms with Crippen molar-refractivity contribution in [2.24, 2.45) is 5.16 Å². The van der Waals surface area contributed by atoms with Crippen molar-refractivity contribution in [3.8, 4) is 0 Å². The minimum Gasteiger partial charge on any atom is -0.444 e. The highest BCUT2D eigenvalue weighted by molar-refractivity contribution is 5.68. The lowest BCUT2D eigenvalue weighted by Crippen LogP contribution is -2.45. The number of amides is 1. The van der Waals surface area contributed by atoms with Gasteiger partial charge in [0, 0.05) is 12.3 Å². The van der Waals surface area contributed by atoms with Crippen molar-refractivity contribution in [2.45, 2.75) is 71.4 Å². The molecule has 1 amide bonds. The van der Waals surface area contributed by atoms with E-state index in [2.05, 4.69) is 5.16 Å². The monoisotopic (exact) mass is 284 g/mol. The molecule has 1 fully saturated rings. The van der Waals surface area contributed by atoms with Crippen LogP contribution in [0.2, 0.25) is 0 Å². The summed E-state index contributed by atoms with van der Waals surface area (Å²) in [6.07, 6.45) is 7.07. The fourth-order valence-corrected chi connectivity index (χ4v) is 2.40. The number of oxime groups is 1. The Morgan fingerprint density at radius 2 is 1.95 bits per heavy atom. The van der Waals surface area contributed by atoms with Crippen molar-refractivity contribution in [3.05, 3.63) is 0 Å². The van der Waals surface area contributed by atoms with Gasteiger partial charge >= 0.3 is 6.09 Å². The minimum absolute atomic E-state index is 0.242. The van der Waals surface area contributed by atoms with E-state index in [0.29, 0.717) is 13.2 Å². The third-order valence-electron chi connectivity index (χ3n) is 3.25. The second kappa shape index (κ2) is 8.12. The molecule has 0 aromatic rings. The van der Waals surface area contributed by atoms with Crippen LogP contribution in [-0.4, -0.2) is 42.0 Å². The van der Waals surface area contributed by atoms with E-state index in [1.54, 1.807) is 13.1 Å². The average molecular weight is 284 g/mol. The van der Waals surface area contributed by atoms with Crippen molar-refractivity contribution < 1.29 is 14.4 Å². The molecule has 0 atom stereocenters. The molecule has 0 unspecified atom stereocenters. The van der Waals surface area contributed by atoms with Crippen molar-refractivity contribution in [1.29, 1.82) is 0 Å². The highest BCUT2D eigenvalue weighted by atomic mass is 16.6. The molecule has 0 saturated heterocycles. The van der Waals surface area contributed by atoms with Crippen LogP contribution in [0.25, 0.3) is 0 Å². The Kier molecular flexibility index (Phi) is 6.82. The molecule has 1 saturated carbocycles. The molecule has 116 valence electrons. The SMILES string of the molecule is C/C=N/OCCN(C(=O)OC(C)(C)C)C1CCCCC1. The van der Waals surface area contributed by atoms with Gasteiger partial charge < -0.3 is 14.5 Å². The molecule has 0 bridgehead atoms. The van der Waals surface area contributed by atoms with Crippen LogP contribution in [0, 0.1) is 0 Å². The van der Waals surface area contributed by atoms with Crippen molar-refractivity contribution >= 4 is 12.3 Å². The van der Waals surface area contributed by atoms with Crippen LogP contribution in [0.1, 0.15) is 59.8 Å². The van der Waals surface area contributed by atoms with Crippen molar-refractivity contribution in [3.63, 3.8) is 0 Å². The zero-order chi connectivity index (χ0) is 15.0. The lowest BCUT2D eigenvalue weighted by Gasteiger charge is -2.35. The Balaban J connectivity index is 2.59. The smallest absolute Gasteiger partial charge is 0.410 e. The highest BCUT2D eigenvalue weighted by Crippen LogP contribution is 2.24. The van der Waals surface area contributed by atoms with Gasteiger partial charge in [-0.25, -0.2) is 4.79 Å². The lowest BCUT2D eigenvalue weighted by atomic mass is 9.94. The highest BCUT2D eigenvalue weighted by Gasteiger charge is 2.29. The normalized spacial score (nSPS) is 17.2. The van der Waals surface area contributed by atoms with Gasteiger partial charge in [-0.3, -0.25) is 0 Å². The van der Waals surface area contributed by atoms with E-state index in [1.165, 1.54) is 19.3 Å². The van der Waals surface area contributed by atoms with E-state index in [-0.39, 0.29) is 12.1 Å². The maximum Gasteiger partial charge on any atom is 0.410 e. The fraction of sp³-hybridized carbons (Fsp3) is 0.867. The van der Waals surface area contributed by atoms with Crippen LogP contribution in [0.5, 0.6) is 0 Å². The van der Waals surface area contributed by atoms with E-state index in [4.69, 9.17) is 9.57 Å². The van der Waals surface area contributed by atoms with E-state index in [9.17, 15) is 4.79 Å². The van der Waals surface area contributed by atoms with Gasteiger partial charge in [-0.2, -0.15) is 0 Å². The summed E-state index contributed by atoms with van der Waals surface area (Å²) in [5.74, 6) is 0. The van der Waals surface area contributed by atoms with Gasteiger partial charge in [0.05, 0.1) is 6.54 Å². The van der Waals surface area contributed by atoms with E-state index in [0.717, 1.165) is 12.8 Å². The molecule has 1 rings (SSSR count). The molecule has 1 aliphatic rings. The van der Waals surface area contributed by atoms with Crippen LogP contribution in [0.4, 0.5) is 4.79 Å². The molecule has 5 nitrogen and oxygen atoms in total. The second-order valence-corrected chi connectivity index (χ2v) is 6.16. The largest absolute Gasteiger partial charge is 0.444 e. The summed E-state index contributed by atoms with van der Waals surface area (Å²) in [5, 5.41) is 3.72. The second-order valence-electron chi connectivity index (χ2n) is 6.16. The van der Waals surface area contributed by atoms with Crippen molar-refractivity contribution in [2.75, 3.05) is 13.2 Å². The minimum atomic E-state index is -0.466. The summed E-state index contributed by atoms with van der Waals surface area (Å²) in [5.41, 5.74) is -0.466. The molecular weight excluding hydrogens is 256 g/mol. The summed E-state index contributed by atoms with van der Waals surface area (Å²) in [4.78, 5) is 19.3. The Morgan fingerprint density at radius 3 is 2.50 bits per heavy atom. The molecule has 0 heterocycles. The van der Waals surface area contributed by atoms with Crippen LogP contribution in [-0.2, 0) is 9.57 Å². The number of nitrogens with zero attached hydrogens (tertiary/aromatic N) is 2. The first-order valence-electron chi connectivity index (χ1n) is 7.53. The molecule has 0 aromatic carbocycles. The molecule has 0 aliphatic heterocycles. The van der Waals surface area contributed by atoms with Gasteiger partial charge in [-0.1, -0.05) is 24.4 Å². The van der Waals surface area contributed by atoms with E-state index < -0.39 is 5.60 Å². The molecule has 0 radical (unpaired) electrons. The van der Waals surface area contributed by atoms with Gasteiger partial charge in [0.25, 0.3) is 0 Å². The van der Waals surface area contributed by atoms with E-state index in [1.807, 2.05) is 25.7 Å². The number of rotatable bonds is 5. The molecule has 0 aromatic heterocycles. The summed E-state index contributed by atoms with van der Waals surface area (Å²) < 4.78 is 5.50. The van der Waals surface area contributed by atoms with Gasteiger partial charge in [-0.15, -0.1) is 0 Å². The number of hydrogen-bond donors (Lipinski definition) is 0. The first-order valence-corrected chi connectivity index (χ1v) is 7.53. The molecular formula is C15H28N2O3. The molecule has 20 heavy (non-hydrogen) atoms. The first kappa shape index (κ1) is 16.8. The molecule has 5 heteroatoms. The summed E-state index contributed by atoms with van der Waals surface area (Å²) in [7, 11) is 0. The maximum atomic E-state index is 12.3. The zero-order valence-electron chi connectivity index (χ0n) is 13.2. The predicted molar refractivity (Wildman–Crippen MR) is 79.9 cm³/mol. The number of ether oxygens (including phenoxy) is 1. The Labute approximate surface area is 122 Å². The van der Waals surface area contributed by atoms with E-state index >= 15 is 0 Å². The predicted octanol–water partition coefficient (Wildman–Crippen LogP) is 3.58. The quantitative estimate of drug-likeness (QED) is 0.440.